The molecular formula is C27H22N2O5. The molecule has 0 spiro atoms. The summed E-state index contributed by atoms with van der Waals surface area (Å²) in [5, 5.41) is 16.5. The molecule has 0 fully saturated rings. The molecule has 7 nitrogen and oxygen atoms in total. The zero-order chi connectivity index (χ0) is 23.9. The zero-order valence-electron chi connectivity index (χ0n) is 18.2. The van der Waals surface area contributed by atoms with Crippen LogP contribution >= 0.6 is 0 Å². The van der Waals surface area contributed by atoms with Crippen molar-refractivity contribution in [1.29, 1.82) is 0 Å². The van der Waals surface area contributed by atoms with Gasteiger partial charge in [-0.3, -0.25) is 10.1 Å². The van der Waals surface area contributed by atoms with Crippen LogP contribution in [0.5, 0.6) is 5.75 Å². The third kappa shape index (κ3) is 5.77. The maximum absolute atomic E-state index is 12.3. The zero-order valence-corrected chi connectivity index (χ0v) is 18.2. The lowest BCUT2D eigenvalue weighted by Crippen LogP contribution is -2.16. The van der Waals surface area contributed by atoms with Gasteiger partial charge in [0.25, 0.3) is 0 Å². The van der Waals surface area contributed by atoms with E-state index in [0.29, 0.717) is 17.9 Å². The van der Waals surface area contributed by atoms with Gasteiger partial charge < -0.3 is 15.2 Å². The Hall–Kier alpha value is -4.65. The summed E-state index contributed by atoms with van der Waals surface area (Å²) in [7, 11) is 0. The van der Waals surface area contributed by atoms with E-state index >= 15 is 0 Å². The molecule has 0 aliphatic carbocycles. The number of rotatable bonds is 7. The molecule has 0 atom stereocenters. The molecule has 4 aromatic carbocycles. The molecule has 7 heteroatoms. The quantitative estimate of drug-likeness (QED) is 0.331. The second-order valence-electron chi connectivity index (χ2n) is 7.62. The first-order valence-electron chi connectivity index (χ1n) is 10.7. The fourth-order valence-electron chi connectivity index (χ4n) is 3.52. The first kappa shape index (κ1) is 22.5. The smallest absolute Gasteiger partial charge is 0.417 e. The molecular weight excluding hydrogens is 432 g/mol. The van der Waals surface area contributed by atoms with Crippen LogP contribution in [0.15, 0.2) is 91.0 Å². The molecule has 0 aromatic heterocycles. The van der Waals surface area contributed by atoms with Crippen LogP contribution in [0.3, 0.4) is 0 Å². The number of aryl methyl sites for hydroxylation is 1. The predicted molar refractivity (Wildman–Crippen MR) is 130 cm³/mol. The van der Waals surface area contributed by atoms with Gasteiger partial charge in [-0.2, -0.15) is 0 Å². The summed E-state index contributed by atoms with van der Waals surface area (Å²) >= 11 is 0. The Labute approximate surface area is 196 Å². The van der Waals surface area contributed by atoms with Crippen LogP contribution in [-0.2, 0) is 11.2 Å². The number of carboxylic acid groups (broad SMARTS) is 1. The van der Waals surface area contributed by atoms with Crippen LogP contribution in [0.25, 0.3) is 10.8 Å². The monoisotopic (exact) mass is 454 g/mol. The Morgan fingerprint density at radius 1 is 0.765 bits per heavy atom. The van der Waals surface area contributed by atoms with Gasteiger partial charge in [0.15, 0.2) is 0 Å². The molecule has 0 radical (unpaired) electrons. The largest absolute Gasteiger partial charge is 0.478 e. The van der Waals surface area contributed by atoms with Crippen molar-refractivity contribution in [3.63, 3.8) is 0 Å². The molecule has 0 saturated carbocycles. The molecule has 34 heavy (non-hydrogen) atoms. The number of ether oxygens (including phenoxy) is 1. The number of aromatic carboxylic acids is 1. The minimum absolute atomic E-state index is 0.0543. The topological polar surface area (TPSA) is 105 Å². The fraction of sp³-hybridized carbons (Fsp3) is 0.0741. The maximum atomic E-state index is 12.3. The lowest BCUT2D eigenvalue weighted by Gasteiger charge is -2.10. The highest BCUT2D eigenvalue weighted by Gasteiger charge is 2.12. The standard InChI is InChI=1S/C27H22N2O5/c30-25(29-24-9-5-4-8-23(24)26(31)32)15-11-18-10-12-20-17-21(14-13-19(20)16-18)28-27(33)34-22-6-2-1-3-7-22/h1-10,12-14,16-17H,11,15H2,(H,28,33)(H,29,30)(H,31,32). The lowest BCUT2D eigenvalue weighted by molar-refractivity contribution is -0.116. The molecule has 0 heterocycles. The van der Waals surface area contributed by atoms with E-state index in [2.05, 4.69) is 10.6 Å². The van der Waals surface area contributed by atoms with Gasteiger partial charge in [-0.15, -0.1) is 0 Å². The Balaban J connectivity index is 1.36. The van der Waals surface area contributed by atoms with E-state index in [9.17, 15) is 19.5 Å². The van der Waals surface area contributed by atoms with E-state index in [-0.39, 0.29) is 23.6 Å². The molecule has 4 rings (SSSR count). The highest BCUT2D eigenvalue weighted by atomic mass is 16.6. The third-order valence-corrected chi connectivity index (χ3v) is 5.18. The Kier molecular flexibility index (Phi) is 6.84. The maximum Gasteiger partial charge on any atom is 0.417 e. The molecule has 0 saturated heterocycles. The van der Waals surface area contributed by atoms with Crippen molar-refractivity contribution < 1.29 is 24.2 Å². The Bertz CT molecular complexity index is 1350. The van der Waals surface area contributed by atoms with Crippen LogP contribution in [-0.4, -0.2) is 23.1 Å². The summed E-state index contributed by atoms with van der Waals surface area (Å²) in [4.78, 5) is 35.7. The number of fused-ring (bicyclic) bond motifs is 1. The predicted octanol–water partition coefficient (Wildman–Crippen LogP) is 5.72. The summed E-state index contributed by atoms with van der Waals surface area (Å²) in [6.45, 7) is 0. The van der Waals surface area contributed by atoms with Gasteiger partial charge in [-0.1, -0.05) is 54.6 Å². The number of nitrogens with one attached hydrogen (secondary N) is 2. The summed E-state index contributed by atoms with van der Waals surface area (Å²) in [6.07, 6.45) is 0.142. The molecule has 3 N–H and O–H groups in total. The first-order valence-corrected chi connectivity index (χ1v) is 10.7. The molecule has 4 aromatic rings. The minimum Gasteiger partial charge on any atom is -0.478 e. The van der Waals surface area contributed by atoms with Crippen LogP contribution < -0.4 is 15.4 Å². The van der Waals surface area contributed by atoms with Crippen molar-refractivity contribution >= 4 is 40.1 Å². The highest BCUT2D eigenvalue weighted by Crippen LogP contribution is 2.22. The lowest BCUT2D eigenvalue weighted by atomic mass is 10.0. The number of benzene rings is 4. The fourth-order valence-corrected chi connectivity index (χ4v) is 3.52. The van der Waals surface area contributed by atoms with Gasteiger partial charge >= 0.3 is 12.1 Å². The normalized spacial score (nSPS) is 10.5. The summed E-state index contributed by atoms with van der Waals surface area (Å²) in [6, 6.07) is 26.5. The number of para-hydroxylation sites is 2. The average molecular weight is 454 g/mol. The van der Waals surface area contributed by atoms with E-state index in [1.54, 1.807) is 48.5 Å². The molecule has 0 aliphatic heterocycles. The number of anilines is 2. The van der Waals surface area contributed by atoms with Gasteiger partial charge in [0.1, 0.15) is 5.75 Å². The second-order valence-corrected chi connectivity index (χ2v) is 7.62. The molecule has 170 valence electrons. The third-order valence-electron chi connectivity index (χ3n) is 5.18. The van der Waals surface area contributed by atoms with Gasteiger partial charge in [0, 0.05) is 12.1 Å². The van der Waals surface area contributed by atoms with Gasteiger partial charge in [-0.05, 0) is 59.2 Å². The summed E-state index contributed by atoms with van der Waals surface area (Å²) in [5.41, 5.74) is 1.92. The van der Waals surface area contributed by atoms with Gasteiger partial charge in [-0.25, -0.2) is 9.59 Å². The molecule has 0 unspecified atom stereocenters. The number of carbonyl (C=O) groups is 3. The SMILES string of the molecule is O=C(CCc1ccc2cc(NC(=O)Oc3ccccc3)ccc2c1)Nc1ccccc1C(=O)O. The number of hydrogen-bond acceptors (Lipinski definition) is 4. The molecule has 0 bridgehead atoms. The van der Waals surface area contributed by atoms with E-state index in [0.717, 1.165) is 16.3 Å². The van der Waals surface area contributed by atoms with Crippen molar-refractivity contribution in [2.75, 3.05) is 10.6 Å². The van der Waals surface area contributed by atoms with E-state index in [1.165, 1.54) is 6.07 Å². The van der Waals surface area contributed by atoms with Crippen molar-refractivity contribution in [1.82, 2.24) is 0 Å². The van der Waals surface area contributed by atoms with Crippen LogP contribution in [0, 0.1) is 0 Å². The first-order chi connectivity index (χ1) is 16.5. The highest BCUT2D eigenvalue weighted by molar-refractivity contribution is 6.00. The van der Waals surface area contributed by atoms with E-state index in [1.807, 2.05) is 36.4 Å². The van der Waals surface area contributed by atoms with E-state index in [4.69, 9.17) is 4.74 Å². The van der Waals surface area contributed by atoms with Crippen molar-refractivity contribution in [3.05, 3.63) is 102 Å². The number of carboxylic acids is 1. The van der Waals surface area contributed by atoms with Crippen molar-refractivity contribution in [2.24, 2.45) is 0 Å². The Morgan fingerprint density at radius 3 is 2.26 bits per heavy atom. The summed E-state index contributed by atoms with van der Waals surface area (Å²) in [5.74, 6) is -0.890. The van der Waals surface area contributed by atoms with Crippen LogP contribution in [0.2, 0.25) is 0 Å². The van der Waals surface area contributed by atoms with Crippen molar-refractivity contribution in [2.45, 2.75) is 12.8 Å². The number of carbonyl (C=O) groups excluding carboxylic acids is 2. The van der Waals surface area contributed by atoms with E-state index < -0.39 is 12.1 Å². The second kappa shape index (κ2) is 10.3. The summed E-state index contributed by atoms with van der Waals surface area (Å²) < 4.78 is 5.25. The average Bonchev–Trinajstić information content (AvgIpc) is 2.83. The van der Waals surface area contributed by atoms with Gasteiger partial charge in [0.2, 0.25) is 5.91 Å². The van der Waals surface area contributed by atoms with Crippen LogP contribution in [0.1, 0.15) is 22.3 Å². The van der Waals surface area contributed by atoms with Crippen molar-refractivity contribution in [3.8, 4) is 5.75 Å². The minimum atomic E-state index is -1.09. The Morgan fingerprint density at radius 2 is 1.47 bits per heavy atom. The van der Waals surface area contributed by atoms with Gasteiger partial charge in [0.05, 0.1) is 11.3 Å². The number of amides is 2. The molecule has 2 amide bonds. The molecule has 0 aliphatic rings. The van der Waals surface area contributed by atoms with Crippen LogP contribution in [0.4, 0.5) is 16.2 Å². The number of hydrogen-bond donors (Lipinski definition) is 3.